The molecule has 0 aliphatic carbocycles. The number of nitrogens with one attached hydrogen (secondary N) is 1. The van der Waals surface area contributed by atoms with Gasteiger partial charge >= 0.3 is 6.18 Å². The summed E-state index contributed by atoms with van der Waals surface area (Å²) in [4.78, 5) is 33.5. The van der Waals surface area contributed by atoms with Crippen molar-refractivity contribution in [3.8, 4) is 22.9 Å². The van der Waals surface area contributed by atoms with Crippen molar-refractivity contribution in [2.24, 2.45) is 5.73 Å². The van der Waals surface area contributed by atoms with Crippen molar-refractivity contribution in [3.05, 3.63) is 83.4 Å². The number of fused-ring (bicyclic) bond motifs is 2. The molecular weight excluding hydrogens is 560 g/mol. The Morgan fingerprint density at radius 3 is 2.50 bits per heavy atom. The average molecular weight is 585 g/mol. The largest absolute Gasteiger partial charge is 0.489 e. The van der Waals surface area contributed by atoms with Crippen LogP contribution < -0.4 is 20.5 Å². The van der Waals surface area contributed by atoms with Crippen molar-refractivity contribution >= 4 is 22.6 Å². The van der Waals surface area contributed by atoms with Crippen LogP contribution in [-0.4, -0.2) is 53.3 Å². The first-order valence-electron chi connectivity index (χ1n) is 12.5. The molecule has 4 aromatic rings. The number of aliphatic hydroxyl groups is 1. The number of amides is 2. The second kappa shape index (κ2) is 10.2. The van der Waals surface area contributed by atoms with Gasteiger partial charge in [-0.15, -0.1) is 0 Å². The van der Waals surface area contributed by atoms with E-state index in [1.165, 1.54) is 50.6 Å². The highest BCUT2D eigenvalue weighted by Crippen LogP contribution is 2.47. The number of pyridine rings is 2. The van der Waals surface area contributed by atoms with E-state index in [2.05, 4.69) is 15.3 Å². The molecule has 0 radical (unpaired) electrons. The first-order valence-corrected chi connectivity index (χ1v) is 12.5. The lowest BCUT2D eigenvalue weighted by Crippen LogP contribution is -2.51. The number of benzene rings is 2. The first-order chi connectivity index (χ1) is 19.8. The van der Waals surface area contributed by atoms with E-state index in [0.717, 1.165) is 18.2 Å². The number of nitrogens with two attached hydrogens (primary N) is 1. The van der Waals surface area contributed by atoms with Crippen LogP contribution in [-0.2, 0) is 15.8 Å². The van der Waals surface area contributed by atoms with Crippen molar-refractivity contribution in [2.45, 2.75) is 24.1 Å². The molecule has 0 saturated heterocycles. The second-order valence-corrected chi connectivity index (χ2v) is 10.0. The summed E-state index contributed by atoms with van der Waals surface area (Å²) in [6.07, 6.45) is -3.89. The summed E-state index contributed by atoms with van der Waals surface area (Å²) < 4.78 is 68.2. The van der Waals surface area contributed by atoms with Crippen molar-refractivity contribution in [2.75, 3.05) is 20.3 Å². The van der Waals surface area contributed by atoms with Crippen LogP contribution in [0.1, 0.15) is 28.5 Å². The third-order valence-corrected chi connectivity index (χ3v) is 7.32. The molecule has 42 heavy (non-hydrogen) atoms. The Morgan fingerprint density at radius 1 is 1.14 bits per heavy atom. The predicted molar refractivity (Wildman–Crippen MR) is 142 cm³/mol. The molecule has 218 valence electrons. The van der Waals surface area contributed by atoms with Gasteiger partial charge in [-0.3, -0.25) is 9.59 Å². The van der Waals surface area contributed by atoms with E-state index in [9.17, 15) is 32.3 Å². The number of hydrogen-bond acceptors (Lipinski definition) is 7. The fourth-order valence-corrected chi connectivity index (χ4v) is 4.70. The van der Waals surface area contributed by atoms with Crippen LogP contribution in [0.25, 0.3) is 22.0 Å². The molecule has 3 heterocycles. The van der Waals surface area contributed by atoms with E-state index in [0.29, 0.717) is 16.7 Å². The van der Waals surface area contributed by atoms with E-state index in [4.69, 9.17) is 15.2 Å². The number of halogens is 4. The lowest BCUT2D eigenvalue weighted by atomic mass is 9.81. The Balaban J connectivity index is 1.57. The summed E-state index contributed by atoms with van der Waals surface area (Å²) in [5, 5.41) is 14.4. The number of ether oxygens (including phenoxy) is 2. The minimum absolute atomic E-state index is 0.0175. The number of primary amides is 1. The van der Waals surface area contributed by atoms with E-state index in [-0.39, 0.29) is 34.7 Å². The Bertz CT molecular complexity index is 1710. The van der Waals surface area contributed by atoms with Gasteiger partial charge in [-0.1, -0.05) is 0 Å². The summed E-state index contributed by atoms with van der Waals surface area (Å²) in [6, 6.07) is 11.5. The fourth-order valence-electron chi connectivity index (χ4n) is 4.70. The predicted octanol–water partition coefficient (Wildman–Crippen LogP) is 3.76. The molecule has 1 unspecified atom stereocenters. The summed E-state index contributed by atoms with van der Waals surface area (Å²) in [6.45, 7) is -0.228. The molecule has 9 nitrogen and oxygen atoms in total. The monoisotopic (exact) mass is 584 g/mol. The minimum atomic E-state index is -5.34. The molecule has 0 fully saturated rings. The van der Waals surface area contributed by atoms with Crippen LogP contribution in [0.4, 0.5) is 17.6 Å². The highest BCUT2D eigenvalue weighted by Gasteiger charge is 2.57. The van der Waals surface area contributed by atoms with Gasteiger partial charge in [0.05, 0.1) is 19.3 Å². The summed E-state index contributed by atoms with van der Waals surface area (Å²) >= 11 is 0. The maximum atomic E-state index is 14.6. The fraction of sp³-hybridized carbons (Fsp3) is 0.241. The molecule has 13 heteroatoms. The number of alkyl halides is 3. The van der Waals surface area contributed by atoms with Crippen molar-refractivity contribution in [3.63, 3.8) is 0 Å². The van der Waals surface area contributed by atoms with E-state index in [1.807, 2.05) is 0 Å². The van der Waals surface area contributed by atoms with Crippen LogP contribution in [0.2, 0.25) is 0 Å². The third kappa shape index (κ3) is 4.75. The molecule has 2 aromatic carbocycles. The van der Waals surface area contributed by atoms with Crippen molar-refractivity contribution < 1.29 is 41.7 Å². The SMILES string of the molecule is COc1nccc2cc(C(=O)NCC(O)(c3cc4c(c(-c5ccc(F)cc5)n3)OC[C@]4(C)C(N)=O)C(F)(F)F)ccc12. The second-order valence-electron chi connectivity index (χ2n) is 10.0. The molecule has 5 rings (SSSR count). The standard InChI is InChI=1S/C29H24F4N4O5/c1-27(26(34)39)14-42-23-20(27)12-21(37-22(23)15-3-6-18(30)7-4-15)28(40,29(31,32)33)13-36-24(38)17-5-8-19-16(11-17)9-10-35-25(19)41-2/h3-12,40H,13-14H2,1-2H3,(H2,34,39)(H,36,38)/t27-,28?/m0/s1. The summed E-state index contributed by atoms with van der Waals surface area (Å²) in [7, 11) is 1.42. The minimum Gasteiger partial charge on any atom is -0.489 e. The number of aromatic nitrogens is 2. The van der Waals surface area contributed by atoms with Gasteiger partial charge in [-0.05, 0) is 66.9 Å². The van der Waals surface area contributed by atoms with Crippen LogP contribution in [0.5, 0.6) is 11.6 Å². The van der Waals surface area contributed by atoms with Crippen LogP contribution >= 0.6 is 0 Å². The molecular formula is C29H24F4N4O5. The normalized spacial score (nSPS) is 17.7. The number of nitrogens with zero attached hydrogens (tertiary/aromatic N) is 2. The van der Waals surface area contributed by atoms with Gasteiger partial charge in [0.2, 0.25) is 17.4 Å². The quantitative estimate of drug-likeness (QED) is 0.282. The lowest BCUT2D eigenvalue weighted by molar-refractivity contribution is -0.265. The van der Waals surface area contributed by atoms with Gasteiger partial charge in [0.15, 0.2) is 0 Å². The van der Waals surface area contributed by atoms with Gasteiger partial charge in [-0.2, -0.15) is 13.2 Å². The molecule has 0 bridgehead atoms. The summed E-state index contributed by atoms with van der Waals surface area (Å²) in [5.74, 6) is -2.11. The van der Waals surface area contributed by atoms with Crippen LogP contribution in [0, 0.1) is 5.82 Å². The zero-order valence-electron chi connectivity index (χ0n) is 22.3. The maximum Gasteiger partial charge on any atom is 0.424 e. The highest BCUT2D eigenvalue weighted by molar-refractivity contribution is 5.99. The Hall–Kier alpha value is -4.78. The molecule has 4 N–H and O–H groups in total. The van der Waals surface area contributed by atoms with Gasteiger partial charge in [0.1, 0.15) is 29.3 Å². The number of carbonyl (C=O) groups is 2. The zero-order valence-corrected chi connectivity index (χ0v) is 22.3. The molecule has 0 spiro atoms. The molecule has 2 aromatic heterocycles. The molecule has 2 atom stereocenters. The smallest absolute Gasteiger partial charge is 0.424 e. The van der Waals surface area contributed by atoms with Crippen molar-refractivity contribution in [1.82, 2.24) is 15.3 Å². The number of hydrogen-bond donors (Lipinski definition) is 3. The Kier molecular flexibility index (Phi) is 7.01. The van der Waals surface area contributed by atoms with Crippen LogP contribution in [0.3, 0.4) is 0 Å². The van der Waals surface area contributed by atoms with Crippen LogP contribution in [0.15, 0.2) is 60.8 Å². The maximum absolute atomic E-state index is 14.6. The Morgan fingerprint density at radius 2 is 1.86 bits per heavy atom. The third-order valence-electron chi connectivity index (χ3n) is 7.32. The molecule has 1 aliphatic heterocycles. The Labute approximate surface area is 236 Å². The van der Waals surface area contributed by atoms with Gasteiger partial charge < -0.3 is 25.6 Å². The lowest BCUT2D eigenvalue weighted by Gasteiger charge is -2.31. The molecule has 1 aliphatic rings. The molecule has 2 amide bonds. The van der Waals surface area contributed by atoms with Gasteiger partial charge in [0.25, 0.3) is 5.91 Å². The van der Waals surface area contributed by atoms with E-state index in [1.54, 1.807) is 6.07 Å². The van der Waals surface area contributed by atoms with E-state index >= 15 is 0 Å². The van der Waals surface area contributed by atoms with Crippen molar-refractivity contribution in [1.29, 1.82) is 0 Å². The molecule has 0 saturated carbocycles. The average Bonchev–Trinajstić information content (AvgIpc) is 3.32. The number of rotatable bonds is 7. The highest BCUT2D eigenvalue weighted by atomic mass is 19.4. The first kappa shape index (κ1) is 28.7. The van der Waals surface area contributed by atoms with E-state index < -0.39 is 47.1 Å². The number of carbonyl (C=O) groups excluding carboxylic acids is 2. The summed E-state index contributed by atoms with van der Waals surface area (Å²) in [5.41, 5.74) is -0.628. The van der Waals surface area contributed by atoms with Gasteiger partial charge in [0, 0.05) is 28.3 Å². The zero-order chi connectivity index (χ0) is 30.4. The van der Waals surface area contributed by atoms with Gasteiger partial charge in [-0.25, -0.2) is 14.4 Å². The number of methoxy groups -OCH3 is 1. The topological polar surface area (TPSA) is 137 Å².